The highest BCUT2D eigenvalue weighted by Gasteiger charge is 2.52. The normalized spacial score (nSPS) is 20.6. The monoisotopic (exact) mass is 275 g/mol. The van der Waals surface area contributed by atoms with Gasteiger partial charge in [0.25, 0.3) is 0 Å². The van der Waals surface area contributed by atoms with E-state index < -0.39 is 7.12 Å². The molecule has 0 spiro atoms. The Morgan fingerprint density at radius 1 is 1.15 bits per heavy atom. The first-order valence-electron chi connectivity index (χ1n) is 6.59. The van der Waals surface area contributed by atoms with Crippen LogP contribution < -0.4 is 10.2 Å². The summed E-state index contributed by atoms with van der Waals surface area (Å²) >= 11 is 0. The van der Waals surface area contributed by atoms with Gasteiger partial charge in [0.15, 0.2) is 0 Å². The highest BCUT2D eigenvalue weighted by Crippen LogP contribution is 2.36. The van der Waals surface area contributed by atoms with E-state index in [-0.39, 0.29) is 11.2 Å². The molecule has 0 amide bonds. The number of rotatable bonds is 2. The minimum atomic E-state index is -0.437. The molecule has 0 atom stereocenters. The van der Waals surface area contributed by atoms with Gasteiger partial charge in [0.2, 0.25) is 5.88 Å². The van der Waals surface area contributed by atoms with Crippen LogP contribution in [-0.4, -0.2) is 40.3 Å². The predicted octanol–water partition coefficient (Wildman–Crippen LogP) is 1.04. The maximum atomic E-state index is 6.04. The second-order valence-corrected chi connectivity index (χ2v) is 5.94. The Kier molecular flexibility index (Phi) is 2.81. The molecule has 0 N–H and O–H groups in total. The fraction of sp³-hybridized carbons (Fsp3) is 0.538. The zero-order valence-electron chi connectivity index (χ0n) is 12.4. The summed E-state index contributed by atoms with van der Waals surface area (Å²) in [4.78, 5) is 0. The number of nitrogens with zero attached hydrogens (tertiary/aromatic N) is 3. The highest BCUT2D eigenvalue weighted by atomic mass is 16.7. The van der Waals surface area contributed by atoms with Crippen LogP contribution in [0.2, 0.25) is 0 Å². The number of aromatic nitrogens is 3. The number of fused-ring (bicyclic) bond motifs is 1. The topological polar surface area (TPSA) is 57.9 Å². The minimum absolute atomic E-state index is 0.369. The standard InChI is InChI=1S/C13H18BN3O3/c1-12(2)13(3,4)20-14(19-12)9-8-15-17-10(9)6-7-11(16-17)18-5/h6-8H,1-5H3. The molecule has 106 valence electrons. The number of hydrogen-bond acceptors (Lipinski definition) is 5. The maximum Gasteiger partial charge on any atom is 0.498 e. The Balaban J connectivity index is 2.00. The lowest BCUT2D eigenvalue weighted by molar-refractivity contribution is 0.00578. The van der Waals surface area contributed by atoms with E-state index in [0.717, 1.165) is 11.0 Å². The van der Waals surface area contributed by atoms with Gasteiger partial charge in [-0.25, -0.2) is 0 Å². The van der Waals surface area contributed by atoms with Crippen molar-refractivity contribution in [3.8, 4) is 5.88 Å². The third-order valence-electron chi connectivity index (χ3n) is 4.11. The largest absolute Gasteiger partial charge is 0.498 e. The fourth-order valence-corrected chi connectivity index (χ4v) is 2.14. The van der Waals surface area contributed by atoms with Crippen molar-refractivity contribution in [1.82, 2.24) is 14.8 Å². The van der Waals surface area contributed by atoms with E-state index in [1.807, 2.05) is 33.8 Å². The number of methoxy groups -OCH3 is 1. The van der Waals surface area contributed by atoms with Crippen molar-refractivity contribution in [3.63, 3.8) is 0 Å². The van der Waals surface area contributed by atoms with Crippen molar-refractivity contribution < 1.29 is 14.0 Å². The summed E-state index contributed by atoms with van der Waals surface area (Å²) in [5, 5.41) is 8.46. The Morgan fingerprint density at radius 3 is 2.40 bits per heavy atom. The van der Waals surface area contributed by atoms with Gasteiger partial charge < -0.3 is 14.0 Å². The quantitative estimate of drug-likeness (QED) is 0.766. The Bertz CT molecular complexity index is 637. The van der Waals surface area contributed by atoms with Crippen LogP contribution in [0, 0.1) is 0 Å². The average molecular weight is 275 g/mol. The molecule has 3 rings (SSSR count). The molecule has 1 aliphatic heterocycles. The molecule has 1 aliphatic rings. The molecular formula is C13H18BN3O3. The van der Waals surface area contributed by atoms with Gasteiger partial charge in [-0.1, -0.05) is 0 Å². The van der Waals surface area contributed by atoms with Crippen LogP contribution in [0.4, 0.5) is 0 Å². The summed E-state index contributed by atoms with van der Waals surface area (Å²) in [6.07, 6.45) is 1.73. The molecule has 0 aliphatic carbocycles. The van der Waals surface area contributed by atoms with E-state index in [1.54, 1.807) is 19.4 Å². The van der Waals surface area contributed by atoms with E-state index in [9.17, 15) is 0 Å². The van der Waals surface area contributed by atoms with Crippen LogP contribution in [0.3, 0.4) is 0 Å². The molecule has 0 unspecified atom stereocenters. The van der Waals surface area contributed by atoms with Gasteiger partial charge in [-0.2, -0.15) is 5.10 Å². The van der Waals surface area contributed by atoms with Gasteiger partial charge in [-0.05, 0) is 33.8 Å². The van der Waals surface area contributed by atoms with E-state index in [0.29, 0.717) is 5.88 Å². The van der Waals surface area contributed by atoms with Crippen LogP contribution in [0.15, 0.2) is 18.3 Å². The summed E-state index contributed by atoms with van der Waals surface area (Å²) in [5.74, 6) is 0.515. The van der Waals surface area contributed by atoms with Crippen LogP contribution >= 0.6 is 0 Å². The van der Waals surface area contributed by atoms with Crippen molar-refractivity contribution >= 4 is 18.1 Å². The first-order valence-corrected chi connectivity index (χ1v) is 6.59. The molecule has 3 heterocycles. The summed E-state index contributed by atoms with van der Waals surface area (Å²) < 4.78 is 18.7. The second kappa shape index (κ2) is 4.20. The molecule has 6 nitrogen and oxygen atoms in total. The van der Waals surface area contributed by atoms with Crippen molar-refractivity contribution in [2.75, 3.05) is 7.11 Å². The smallest absolute Gasteiger partial charge is 0.480 e. The van der Waals surface area contributed by atoms with Gasteiger partial charge in [-0.3, -0.25) is 0 Å². The average Bonchev–Trinajstić information content (AvgIpc) is 2.87. The molecule has 1 fully saturated rings. The fourth-order valence-electron chi connectivity index (χ4n) is 2.14. The molecular weight excluding hydrogens is 257 g/mol. The summed E-state index contributed by atoms with van der Waals surface area (Å²) in [7, 11) is 1.14. The van der Waals surface area contributed by atoms with Crippen molar-refractivity contribution in [2.45, 2.75) is 38.9 Å². The Hall–Kier alpha value is -1.60. The lowest BCUT2D eigenvalue weighted by atomic mass is 9.80. The second-order valence-electron chi connectivity index (χ2n) is 5.94. The van der Waals surface area contributed by atoms with Gasteiger partial charge in [0.05, 0.1) is 30.0 Å². The minimum Gasteiger partial charge on any atom is -0.480 e. The molecule has 2 aromatic rings. The Morgan fingerprint density at radius 2 is 1.80 bits per heavy atom. The number of hydrogen-bond donors (Lipinski definition) is 0. The predicted molar refractivity (Wildman–Crippen MR) is 75.3 cm³/mol. The summed E-state index contributed by atoms with van der Waals surface area (Å²) in [6.45, 7) is 8.11. The van der Waals surface area contributed by atoms with Crippen molar-refractivity contribution in [1.29, 1.82) is 0 Å². The van der Waals surface area contributed by atoms with Gasteiger partial charge in [0, 0.05) is 11.5 Å². The lowest BCUT2D eigenvalue weighted by Crippen LogP contribution is -2.41. The van der Waals surface area contributed by atoms with E-state index in [4.69, 9.17) is 14.0 Å². The summed E-state index contributed by atoms with van der Waals surface area (Å²) in [6, 6.07) is 3.70. The first-order chi connectivity index (χ1) is 9.34. The Labute approximate surface area is 118 Å². The zero-order valence-corrected chi connectivity index (χ0v) is 12.4. The molecule has 0 aromatic carbocycles. The van der Waals surface area contributed by atoms with Crippen LogP contribution in [-0.2, 0) is 9.31 Å². The van der Waals surface area contributed by atoms with Crippen molar-refractivity contribution in [2.24, 2.45) is 0 Å². The first kappa shape index (κ1) is 13.4. The summed E-state index contributed by atoms with van der Waals surface area (Å²) in [5.41, 5.74) is 0.987. The zero-order chi connectivity index (χ0) is 14.5. The molecule has 0 bridgehead atoms. The van der Waals surface area contributed by atoms with Crippen LogP contribution in [0.1, 0.15) is 27.7 Å². The third-order valence-corrected chi connectivity index (χ3v) is 4.11. The van der Waals surface area contributed by atoms with Gasteiger partial charge in [-0.15, -0.1) is 9.73 Å². The molecule has 1 saturated heterocycles. The SMILES string of the molecule is COc1ccc2c(B3OC(C)(C)C(C)(C)O3)cnn2n1. The van der Waals surface area contributed by atoms with E-state index in [2.05, 4.69) is 10.2 Å². The lowest BCUT2D eigenvalue weighted by Gasteiger charge is -2.32. The van der Waals surface area contributed by atoms with Gasteiger partial charge in [0.1, 0.15) is 0 Å². The third kappa shape index (κ3) is 1.89. The van der Waals surface area contributed by atoms with E-state index >= 15 is 0 Å². The van der Waals surface area contributed by atoms with Gasteiger partial charge >= 0.3 is 7.12 Å². The molecule has 2 aromatic heterocycles. The van der Waals surface area contributed by atoms with Crippen molar-refractivity contribution in [3.05, 3.63) is 18.3 Å². The maximum absolute atomic E-state index is 6.04. The van der Waals surface area contributed by atoms with E-state index in [1.165, 1.54) is 4.63 Å². The number of ether oxygens (including phenoxy) is 1. The molecule has 20 heavy (non-hydrogen) atoms. The molecule has 7 heteroatoms. The van der Waals surface area contributed by atoms with Crippen LogP contribution in [0.5, 0.6) is 5.88 Å². The molecule has 0 radical (unpaired) electrons. The molecule has 0 saturated carbocycles. The van der Waals surface area contributed by atoms with Crippen LogP contribution in [0.25, 0.3) is 5.52 Å². The highest BCUT2D eigenvalue weighted by molar-refractivity contribution is 6.64.